The number of rotatable bonds is 7. The first-order valence-electron chi connectivity index (χ1n) is 25.2. The molecule has 69 heavy (non-hydrogen) atoms. The van der Waals surface area contributed by atoms with E-state index in [0.29, 0.717) is 11.8 Å². The van der Waals surface area contributed by atoms with Crippen LogP contribution in [0.1, 0.15) is 69.6 Å². The monoisotopic (exact) mass is 899 g/mol. The second-order valence-electron chi connectivity index (χ2n) is 21.8. The molecular weight excluding hydrogens is 843 g/mol. The maximum Gasteiger partial charge on any atom is 0.137 e. The third-order valence-corrected chi connectivity index (χ3v) is 16.9. The van der Waals surface area contributed by atoms with Crippen molar-refractivity contribution in [3.63, 3.8) is 0 Å². The van der Waals surface area contributed by atoms with Gasteiger partial charge in [-0.2, -0.15) is 0 Å². The van der Waals surface area contributed by atoms with E-state index < -0.39 is 0 Å². The molecule has 10 aromatic rings. The standard InChI is InChI=1S/C63H57N5O/c1-62(2,3)44-34-48(66-39-65(4)58-19-11-12-20-59(58)66)37-50(35-44)69-49-25-26-54-53-15-7-10-18-57(53)68(60(54)38-49)61-36-43(27-28-64-61)63(45-30-40-29-41(32-45)33-46(63)31-40)42-21-23-47(24-22-42)67-55-16-8-5-13-51(55)52-14-6-9-17-56(52)67/h5-28,34-38,40-41,45-46H,29-33,39H2,1-4H3. The number of pyridine rings is 1. The quantitative estimate of drug-likeness (QED) is 0.160. The molecule has 0 N–H and O–H groups in total. The summed E-state index contributed by atoms with van der Waals surface area (Å²) in [4.78, 5) is 9.97. The van der Waals surface area contributed by atoms with Gasteiger partial charge < -0.3 is 19.1 Å². The van der Waals surface area contributed by atoms with E-state index >= 15 is 0 Å². The van der Waals surface area contributed by atoms with Crippen molar-refractivity contribution in [2.24, 2.45) is 23.7 Å². The number of anilines is 3. The summed E-state index contributed by atoms with van der Waals surface area (Å²) >= 11 is 0. The predicted octanol–water partition coefficient (Wildman–Crippen LogP) is 15.7. The number of para-hydroxylation sites is 5. The molecule has 15 rings (SSSR count). The molecule has 4 saturated carbocycles. The van der Waals surface area contributed by atoms with Gasteiger partial charge in [0, 0.05) is 63.7 Å². The highest BCUT2D eigenvalue weighted by atomic mass is 16.5. The summed E-state index contributed by atoms with van der Waals surface area (Å²) in [5, 5.41) is 4.99. The van der Waals surface area contributed by atoms with Gasteiger partial charge in [0.25, 0.3) is 0 Å². The Balaban J connectivity index is 0.887. The summed E-state index contributed by atoms with van der Waals surface area (Å²) in [5.41, 5.74) is 13.5. The Kier molecular flexibility index (Phi) is 8.91. The summed E-state index contributed by atoms with van der Waals surface area (Å²) in [5.74, 6) is 5.44. The molecule has 6 nitrogen and oxygen atoms in total. The predicted molar refractivity (Wildman–Crippen MR) is 284 cm³/mol. The SMILES string of the molecule is CN1CN(c2cc(Oc3ccc4c5ccccc5n(-c5cc(C6(c7ccc(-n8c9ccccc9c9ccccc98)cc7)C7CC8CC(C7)CC6C8)ccn5)c4c3)cc(C(C)(C)C)c2)c2ccccc21. The van der Waals surface area contributed by atoms with Crippen molar-refractivity contribution in [1.29, 1.82) is 0 Å². The van der Waals surface area contributed by atoms with Gasteiger partial charge in [0.05, 0.1) is 40.1 Å². The fourth-order valence-electron chi connectivity index (χ4n) is 14.2. The minimum absolute atomic E-state index is 0.0741. The van der Waals surface area contributed by atoms with E-state index in [1.165, 1.54) is 98.4 Å². The van der Waals surface area contributed by atoms with Gasteiger partial charge in [-0.05, 0) is 157 Å². The highest BCUT2D eigenvalue weighted by Gasteiger charge is 2.58. The van der Waals surface area contributed by atoms with Crippen molar-refractivity contribution in [1.82, 2.24) is 14.1 Å². The molecule has 6 heteroatoms. The van der Waals surface area contributed by atoms with Gasteiger partial charge in [0.1, 0.15) is 17.3 Å². The fourth-order valence-corrected chi connectivity index (χ4v) is 14.2. The van der Waals surface area contributed by atoms with Gasteiger partial charge in [0.15, 0.2) is 0 Å². The number of ether oxygens (including phenoxy) is 1. The van der Waals surface area contributed by atoms with Gasteiger partial charge in [-0.15, -0.1) is 0 Å². The van der Waals surface area contributed by atoms with Crippen LogP contribution in [-0.4, -0.2) is 27.8 Å². The third-order valence-electron chi connectivity index (χ3n) is 16.9. The normalized spacial score (nSPS) is 21.9. The lowest BCUT2D eigenvalue weighted by atomic mass is 9.42. The first kappa shape index (κ1) is 40.7. The van der Waals surface area contributed by atoms with E-state index in [4.69, 9.17) is 9.72 Å². The zero-order chi connectivity index (χ0) is 46.2. The number of benzene rings is 7. The Labute approximate surface area is 404 Å². The molecule has 0 unspecified atom stereocenters. The number of nitrogens with zero attached hydrogens (tertiary/aromatic N) is 5. The molecule has 4 heterocycles. The second-order valence-corrected chi connectivity index (χ2v) is 21.8. The molecule has 3 aromatic heterocycles. The van der Waals surface area contributed by atoms with Crippen LogP contribution < -0.4 is 14.5 Å². The van der Waals surface area contributed by atoms with Crippen molar-refractivity contribution < 1.29 is 4.74 Å². The molecule has 0 atom stereocenters. The fraction of sp³-hybridized carbons (Fsp3) is 0.254. The molecule has 7 aromatic carbocycles. The van der Waals surface area contributed by atoms with Crippen LogP contribution >= 0.6 is 0 Å². The summed E-state index contributed by atoms with van der Waals surface area (Å²) in [6.45, 7) is 7.62. The van der Waals surface area contributed by atoms with Gasteiger partial charge in [-0.25, -0.2) is 4.98 Å². The Bertz CT molecular complexity index is 3580. The molecule has 0 radical (unpaired) electrons. The highest BCUT2D eigenvalue weighted by molar-refractivity contribution is 6.10. The average Bonchev–Trinajstić information content (AvgIpc) is 4.01. The number of aromatic nitrogens is 3. The maximum atomic E-state index is 6.99. The molecule has 340 valence electrons. The van der Waals surface area contributed by atoms with Crippen molar-refractivity contribution in [2.75, 3.05) is 23.5 Å². The van der Waals surface area contributed by atoms with E-state index in [-0.39, 0.29) is 10.8 Å². The van der Waals surface area contributed by atoms with E-state index in [0.717, 1.165) is 52.5 Å². The van der Waals surface area contributed by atoms with Gasteiger partial charge in [-0.1, -0.05) is 99.6 Å². The number of hydrogen-bond acceptors (Lipinski definition) is 4. The smallest absolute Gasteiger partial charge is 0.137 e. The van der Waals surface area contributed by atoms with Crippen LogP contribution in [0.5, 0.6) is 11.5 Å². The van der Waals surface area contributed by atoms with Crippen LogP contribution in [0.15, 0.2) is 176 Å². The van der Waals surface area contributed by atoms with Gasteiger partial charge >= 0.3 is 0 Å². The Morgan fingerprint density at radius 2 is 1.10 bits per heavy atom. The minimum atomic E-state index is -0.0993. The van der Waals surface area contributed by atoms with Crippen LogP contribution in [0, 0.1) is 23.7 Å². The van der Waals surface area contributed by atoms with E-state index in [2.05, 4.69) is 223 Å². The number of fused-ring (bicyclic) bond motifs is 7. The average molecular weight is 900 g/mol. The van der Waals surface area contributed by atoms with E-state index in [1.807, 2.05) is 0 Å². The largest absolute Gasteiger partial charge is 0.457 e. The van der Waals surface area contributed by atoms with E-state index in [1.54, 1.807) is 0 Å². The molecule has 0 amide bonds. The molecule has 0 saturated heterocycles. The lowest BCUT2D eigenvalue weighted by Crippen LogP contribution is -2.56. The minimum Gasteiger partial charge on any atom is -0.457 e. The van der Waals surface area contributed by atoms with Crippen molar-refractivity contribution in [2.45, 2.75) is 63.7 Å². The first-order chi connectivity index (χ1) is 33.7. The zero-order valence-electron chi connectivity index (χ0n) is 39.9. The summed E-state index contributed by atoms with van der Waals surface area (Å²) in [6, 6.07) is 63.1. The van der Waals surface area contributed by atoms with Gasteiger partial charge in [-0.3, -0.25) is 4.57 Å². The topological polar surface area (TPSA) is 38.5 Å². The van der Waals surface area contributed by atoms with Crippen LogP contribution in [0.3, 0.4) is 0 Å². The Morgan fingerprint density at radius 1 is 0.507 bits per heavy atom. The zero-order valence-corrected chi connectivity index (χ0v) is 39.9. The number of hydrogen-bond donors (Lipinski definition) is 0. The molecule has 1 aliphatic heterocycles. The molecule has 4 bridgehead atoms. The Morgan fingerprint density at radius 3 is 1.75 bits per heavy atom. The third kappa shape index (κ3) is 6.20. The summed E-state index contributed by atoms with van der Waals surface area (Å²) < 4.78 is 11.8. The van der Waals surface area contributed by atoms with E-state index in [9.17, 15) is 0 Å². The molecule has 0 spiro atoms. The van der Waals surface area contributed by atoms with Crippen LogP contribution in [0.2, 0.25) is 0 Å². The molecule has 5 aliphatic rings. The summed E-state index contributed by atoms with van der Waals surface area (Å²) in [7, 11) is 2.16. The van der Waals surface area contributed by atoms with Crippen molar-refractivity contribution in [3.8, 4) is 23.0 Å². The van der Waals surface area contributed by atoms with Crippen LogP contribution in [0.25, 0.3) is 55.1 Å². The molecule has 4 fully saturated rings. The summed E-state index contributed by atoms with van der Waals surface area (Å²) in [6.07, 6.45) is 8.71. The lowest BCUT2D eigenvalue weighted by Gasteiger charge is -2.62. The van der Waals surface area contributed by atoms with Crippen LogP contribution in [-0.2, 0) is 10.8 Å². The maximum absolute atomic E-state index is 6.99. The first-order valence-corrected chi connectivity index (χ1v) is 25.2. The second kappa shape index (κ2) is 15.1. The van der Waals surface area contributed by atoms with Crippen molar-refractivity contribution >= 4 is 60.7 Å². The molecular formula is C63H57N5O. The molecule has 4 aliphatic carbocycles. The van der Waals surface area contributed by atoms with Crippen LogP contribution in [0.4, 0.5) is 17.1 Å². The Hall–Kier alpha value is -7.31. The highest BCUT2D eigenvalue weighted by Crippen LogP contribution is 2.65. The van der Waals surface area contributed by atoms with Crippen molar-refractivity contribution in [3.05, 3.63) is 193 Å². The van der Waals surface area contributed by atoms with Gasteiger partial charge in [0.2, 0.25) is 0 Å². The lowest BCUT2D eigenvalue weighted by molar-refractivity contribution is -0.0418.